The number of phenols is 1. The third-order valence-electron chi connectivity index (χ3n) is 3.23. The summed E-state index contributed by atoms with van der Waals surface area (Å²) in [7, 11) is 0. The van der Waals surface area contributed by atoms with Gasteiger partial charge in [0.2, 0.25) is 0 Å². The summed E-state index contributed by atoms with van der Waals surface area (Å²) in [6.45, 7) is 4.77. The largest absolute Gasteiger partial charge is 0.508 e. The van der Waals surface area contributed by atoms with Crippen molar-refractivity contribution in [3.63, 3.8) is 0 Å². The van der Waals surface area contributed by atoms with Gasteiger partial charge in [-0.25, -0.2) is 0 Å². The first-order chi connectivity index (χ1) is 9.01. The molecule has 0 radical (unpaired) electrons. The number of benzene rings is 1. The van der Waals surface area contributed by atoms with Crippen molar-refractivity contribution in [2.45, 2.75) is 26.1 Å². The van der Waals surface area contributed by atoms with Crippen LogP contribution < -0.4 is 0 Å². The number of hydrogen-bond acceptors (Lipinski definition) is 3. The number of halogens is 1. The Morgan fingerprint density at radius 3 is 2.89 bits per heavy atom. The van der Waals surface area contributed by atoms with Crippen LogP contribution >= 0.6 is 11.6 Å². The molecular weight excluding hydrogens is 266 g/mol. The summed E-state index contributed by atoms with van der Waals surface area (Å²) in [4.78, 5) is 14.2. The predicted octanol–water partition coefficient (Wildman–Crippen LogP) is 2.17. The van der Waals surface area contributed by atoms with Crippen LogP contribution in [0.1, 0.15) is 22.8 Å². The summed E-state index contributed by atoms with van der Waals surface area (Å²) in [5, 5.41) is 9.50. The topological polar surface area (TPSA) is 49.8 Å². The number of hydrogen-bond donors (Lipinski definition) is 1. The molecular formula is C14H18ClNO3. The molecule has 2 unspecified atom stereocenters. The number of nitrogens with zero attached hydrogens (tertiary/aromatic N) is 1. The monoisotopic (exact) mass is 283 g/mol. The van der Waals surface area contributed by atoms with Gasteiger partial charge < -0.3 is 14.7 Å². The average Bonchev–Trinajstić information content (AvgIpc) is 2.40. The van der Waals surface area contributed by atoms with E-state index in [2.05, 4.69) is 0 Å². The Balaban J connectivity index is 2.16. The molecule has 1 N–H and O–H groups in total. The second-order valence-electron chi connectivity index (χ2n) is 4.93. The molecule has 0 aromatic heterocycles. The fraction of sp³-hybridized carbons (Fsp3) is 0.500. The van der Waals surface area contributed by atoms with Gasteiger partial charge in [0, 0.05) is 18.7 Å². The number of aryl methyl sites for hydroxylation is 1. The minimum absolute atomic E-state index is 0.0142. The molecule has 1 aliphatic heterocycles. The first-order valence-corrected chi connectivity index (χ1v) is 6.85. The zero-order valence-corrected chi connectivity index (χ0v) is 11.9. The van der Waals surface area contributed by atoms with Gasteiger partial charge in [0.25, 0.3) is 5.91 Å². The van der Waals surface area contributed by atoms with Gasteiger partial charge in [-0.2, -0.15) is 0 Å². The Morgan fingerprint density at radius 2 is 2.26 bits per heavy atom. The van der Waals surface area contributed by atoms with Crippen molar-refractivity contribution >= 4 is 17.5 Å². The molecule has 0 spiro atoms. The van der Waals surface area contributed by atoms with Gasteiger partial charge in [0.15, 0.2) is 0 Å². The van der Waals surface area contributed by atoms with Crippen LogP contribution in [0.5, 0.6) is 5.75 Å². The van der Waals surface area contributed by atoms with E-state index < -0.39 is 0 Å². The van der Waals surface area contributed by atoms with E-state index in [-0.39, 0.29) is 23.9 Å². The van der Waals surface area contributed by atoms with Gasteiger partial charge in [-0.15, -0.1) is 11.6 Å². The van der Waals surface area contributed by atoms with Crippen molar-refractivity contribution in [2.75, 3.05) is 19.0 Å². The van der Waals surface area contributed by atoms with E-state index in [0.717, 1.165) is 0 Å². The van der Waals surface area contributed by atoms with E-state index in [1.807, 2.05) is 6.92 Å². The Bertz CT molecular complexity index is 478. The first-order valence-electron chi connectivity index (χ1n) is 6.31. The Kier molecular flexibility index (Phi) is 4.32. The van der Waals surface area contributed by atoms with Gasteiger partial charge in [-0.1, -0.05) is 0 Å². The van der Waals surface area contributed by atoms with Gasteiger partial charge in [-0.3, -0.25) is 4.79 Å². The Labute approximate surface area is 117 Å². The van der Waals surface area contributed by atoms with Crippen LogP contribution in [0.2, 0.25) is 0 Å². The molecule has 2 rings (SSSR count). The number of ether oxygens (including phenoxy) is 1. The van der Waals surface area contributed by atoms with Crippen molar-refractivity contribution in [1.82, 2.24) is 4.90 Å². The van der Waals surface area contributed by atoms with Gasteiger partial charge in [-0.05, 0) is 37.6 Å². The molecule has 5 heteroatoms. The van der Waals surface area contributed by atoms with Crippen LogP contribution in [0.15, 0.2) is 18.2 Å². The van der Waals surface area contributed by atoms with Crippen molar-refractivity contribution in [1.29, 1.82) is 0 Å². The molecule has 1 fully saturated rings. The van der Waals surface area contributed by atoms with Crippen LogP contribution in [0.25, 0.3) is 0 Å². The number of amides is 1. The van der Waals surface area contributed by atoms with Crippen molar-refractivity contribution in [3.05, 3.63) is 29.3 Å². The van der Waals surface area contributed by atoms with Gasteiger partial charge >= 0.3 is 0 Å². The quantitative estimate of drug-likeness (QED) is 0.846. The number of phenolic OH excluding ortho intramolecular Hbond substituents is 1. The third-order valence-corrected chi connectivity index (χ3v) is 3.57. The maximum atomic E-state index is 12.4. The number of carbonyl (C=O) groups excluding carboxylic acids is 1. The molecule has 1 amide bonds. The minimum atomic E-state index is -0.118. The maximum absolute atomic E-state index is 12.4. The summed E-state index contributed by atoms with van der Waals surface area (Å²) in [5.74, 6) is 0.529. The zero-order chi connectivity index (χ0) is 14.0. The van der Waals surface area contributed by atoms with E-state index in [1.165, 1.54) is 0 Å². The molecule has 0 saturated carbocycles. The zero-order valence-electron chi connectivity index (χ0n) is 11.1. The van der Waals surface area contributed by atoms with Crippen LogP contribution in [0.4, 0.5) is 0 Å². The smallest absolute Gasteiger partial charge is 0.254 e. The van der Waals surface area contributed by atoms with Gasteiger partial charge in [0.05, 0.1) is 18.1 Å². The summed E-state index contributed by atoms with van der Waals surface area (Å²) in [5.41, 5.74) is 1.28. The highest BCUT2D eigenvalue weighted by Gasteiger charge is 2.28. The van der Waals surface area contributed by atoms with E-state index in [0.29, 0.717) is 30.1 Å². The first kappa shape index (κ1) is 14.2. The minimum Gasteiger partial charge on any atom is -0.508 e. The number of alkyl halides is 1. The summed E-state index contributed by atoms with van der Waals surface area (Å²) in [6, 6.07) is 4.89. The van der Waals surface area contributed by atoms with E-state index in [9.17, 15) is 9.90 Å². The third kappa shape index (κ3) is 3.19. The number of rotatable bonds is 2. The lowest BCUT2D eigenvalue weighted by molar-refractivity contribution is -0.0570. The molecule has 2 atom stereocenters. The van der Waals surface area contributed by atoms with Crippen molar-refractivity contribution in [2.24, 2.45) is 0 Å². The molecule has 19 heavy (non-hydrogen) atoms. The second kappa shape index (κ2) is 5.80. The lowest BCUT2D eigenvalue weighted by Gasteiger charge is -2.36. The van der Waals surface area contributed by atoms with Crippen molar-refractivity contribution in [3.8, 4) is 5.75 Å². The predicted molar refractivity (Wildman–Crippen MR) is 73.8 cm³/mol. The fourth-order valence-electron chi connectivity index (χ4n) is 2.27. The normalized spacial score (nSPS) is 23.4. The molecule has 1 aromatic rings. The summed E-state index contributed by atoms with van der Waals surface area (Å²) < 4.78 is 5.63. The highest BCUT2D eigenvalue weighted by molar-refractivity contribution is 6.18. The van der Waals surface area contributed by atoms with Crippen LogP contribution in [0, 0.1) is 6.92 Å². The van der Waals surface area contributed by atoms with Crippen LogP contribution in [-0.2, 0) is 4.74 Å². The van der Waals surface area contributed by atoms with Gasteiger partial charge in [0.1, 0.15) is 5.75 Å². The lowest BCUT2D eigenvalue weighted by atomic mass is 10.1. The molecule has 104 valence electrons. The highest BCUT2D eigenvalue weighted by atomic mass is 35.5. The summed E-state index contributed by atoms with van der Waals surface area (Å²) in [6.07, 6.45) is -0.132. The molecule has 1 saturated heterocycles. The summed E-state index contributed by atoms with van der Waals surface area (Å²) >= 11 is 5.81. The average molecular weight is 284 g/mol. The van der Waals surface area contributed by atoms with E-state index in [1.54, 1.807) is 30.0 Å². The fourth-order valence-corrected chi connectivity index (χ4v) is 2.44. The van der Waals surface area contributed by atoms with E-state index in [4.69, 9.17) is 16.3 Å². The maximum Gasteiger partial charge on any atom is 0.254 e. The SMILES string of the molecule is Cc1cc(C(=O)N2CC(C)OC(CCl)C2)ccc1O. The highest BCUT2D eigenvalue weighted by Crippen LogP contribution is 2.20. The molecule has 4 nitrogen and oxygen atoms in total. The molecule has 0 bridgehead atoms. The standard InChI is InChI=1S/C14H18ClNO3/c1-9-5-11(3-4-13(9)17)14(18)16-7-10(2)19-12(6-15)8-16/h3-5,10,12,17H,6-8H2,1-2H3. The molecule has 1 heterocycles. The lowest BCUT2D eigenvalue weighted by Crippen LogP contribution is -2.49. The molecule has 0 aliphatic carbocycles. The van der Waals surface area contributed by atoms with E-state index >= 15 is 0 Å². The number of carbonyl (C=O) groups is 1. The second-order valence-corrected chi connectivity index (χ2v) is 5.24. The molecule has 1 aromatic carbocycles. The van der Waals surface area contributed by atoms with Crippen molar-refractivity contribution < 1.29 is 14.6 Å². The number of morpholine rings is 1. The van der Waals surface area contributed by atoms with Crippen LogP contribution in [0.3, 0.4) is 0 Å². The number of aromatic hydroxyl groups is 1. The van der Waals surface area contributed by atoms with Crippen LogP contribution in [-0.4, -0.2) is 47.1 Å². The Hall–Kier alpha value is -1.26. The molecule has 1 aliphatic rings. The Morgan fingerprint density at radius 1 is 1.53 bits per heavy atom.